The quantitative estimate of drug-likeness (QED) is 0.707. The summed E-state index contributed by atoms with van der Waals surface area (Å²) in [6, 6.07) is 15.0. The number of nitrogens with zero attached hydrogens (tertiary/aromatic N) is 1. The molecule has 0 saturated heterocycles. The van der Waals surface area contributed by atoms with Gasteiger partial charge in [-0.25, -0.2) is 13.1 Å². The molecule has 2 N–H and O–H groups in total. The van der Waals surface area contributed by atoms with Gasteiger partial charge in [0.2, 0.25) is 10.0 Å². The maximum atomic E-state index is 12.2. The summed E-state index contributed by atoms with van der Waals surface area (Å²) in [5, 5.41) is 2.76. The van der Waals surface area contributed by atoms with Gasteiger partial charge in [-0.1, -0.05) is 18.2 Å². The van der Waals surface area contributed by atoms with Crippen LogP contribution in [0.5, 0.6) is 0 Å². The van der Waals surface area contributed by atoms with Crippen molar-refractivity contribution in [1.82, 2.24) is 9.62 Å². The van der Waals surface area contributed by atoms with Crippen molar-refractivity contribution in [2.75, 3.05) is 32.5 Å². The number of hydrogen-bond acceptors (Lipinski definition) is 4. The van der Waals surface area contributed by atoms with E-state index in [1.54, 1.807) is 12.1 Å². The third-order valence-corrected chi connectivity index (χ3v) is 5.01. The normalized spacial score (nSPS) is 11.5. The first-order valence-corrected chi connectivity index (χ1v) is 9.48. The van der Waals surface area contributed by atoms with Gasteiger partial charge < -0.3 is 10.2 Å². The van der Waals surface area contributed by atoms with E-state index in [9.17, 15) is 13.2 Å². The molecule has 0 atom stereocenters. The molecule has 0 aromatic heterocycles. The first kappa shape index (κ1) is 19.1. The monoisotopic (exact) mass is 361 g/mol. The molecule has 0 unspecified atom stereocenters. The van der Waals surface area contributed by atoms with Crippen molar-refractivity contribution in [2.24, 2.45) is 0 Å². The lowest BCUT2D eigenvalue weighted by molar-refractivity contribution is 0.102. The van der Waals surface area contributed by atoms with E-state index >= 15 is 0 Å². The number of rotatable bonds is 8. The number of carbonyl (C=O) groups excluding carboxylic acids is 1. The van der Waals surface area contributed by atoms with Crippen LogP contribution < -0.4 is 10.0 Å². The van der Waals surface area contributed by atoms with Crippen molar-refractivity contribution in [3.8, 4) is 0 Å². The van der Waals surface area contributed by atoms with Crippen molar-refractivity contribution in [3.63, 3.8) is 0 Å². The molecule has 0 aliphatic carbocycles. The van der Waals surface area contributed by atoms with E-state index in [1.807, 2.05) is 37.2 Å². The molecule has 0 saturated carbocycles. The first-order valence-electron chi connectivity index (χ1n) is 7.99. The molecule has 0 heterocycles. The van der Waals surface area contributed by atoms with Crippen LogP contribution in [-0.4, -0.2) is 46.4 Å². The number of nitrogens with one attached hydrogen (secondary N) is 2. The SMILES string of the molecule is CN(C)CCCNS(=O)(=O)c1ccc(C(=O)Nc2ccccc2)cc1. The molecule has 0 aliphatic heterocycles. The Morgan fingerprint density at radius 2 is 1.64 bits per heavy atom. The Balaban J connectivity index is 1.97. The van der Waals surface area contributed by atoms with Gasteiger partial charge in [0, 0.05) is 17.8 Å². The fraction of sp³-hybridized carbons (Fsp3) is 0.278. The van der Waals surface area contributed by atoms with Gasteiger partial charge in [-0.15, -0.1) is 0 Å². The summed E-state index contributed by atoms with van der Waals surface area (Å²) in [5.41, 5.74) is 1.09. The number of benzene rings is 2. The van der Waals surface area contributed by atoms with Crippen molar-refractivity contribution >= 4 is 21.6 Å². The molecule has 0 spiro atoms. The Labute approximate surface area is 148 Å². The highest BCUT2D eigenvalue weighted by Gasteiger charge is 2.14. The minimum absolute atomic E-state index is 0.147. The van der Waals surface area contributed by atoms with Crippen LogP contribution in [0.3, 0.4) is 0 Å². The average molecular weight is 361 g/mol. The number of amides is 1. The topological polar surface area (TPSA) is 78.5 Å². The van der Waals surface area contributed by atoms with Gasteiger partial charge in [-0.05, 0) is 63.5 Å². The van der Waals surface area contributed by atoms with Crippen LogP contribution in [0, 0.1) is 0 Å². The second kappa shape index (κ2) is 8.75. The Kier molecular flexibility index (Phi) is 6.69. The summed E-state index contributed by atoms with van der Waals surface area (Å²) in [7, 11) is 0.317. The van der Waals surface area contributed by atoms with Gasteiger partial charge in [0.05, 0.1) is 4.90 Å². The van der Waals surface area contributed by atoms with E-state index in [2.05, 4.69) is 10.0 Å². The average Bonchev–Trinajstić information content (AvgIpc) is 2.59. The van der Waals surface area contributed by atoms with Crippen molar-refractivity contribution in [1.29, 1.82) is 0 Å². The molecule has 2 aromatic carbocycles. The van der Waals surface area contributed by atoms with Gasteiger partial charge in [-0.2, -0.15) is 0 Å². The van der Waals surface area contributed by atoms with Crippen molar-refractivity contribution < 1.29 is 13.2 Å². The number of anilines is 1. The summed E-state index contributed by atoms with van der Waals surface area (Å²) in [5.74, 6) is -0.283. The molecule has 25 heavy (non-hydrogen) atoms. The van der Waals surface area contributed by atoms with Crippen LogP contribution in [0.2, 0.25) is 0 Å². The zero-order valence-corrected chi connectivity index (χ0v) is 15.2. The smallest absolute Gasteiger partial charge is 0.255 e. The Morgan fingerprint density at radius 1 is 1.00 bits per heavy atom. The van der Waals surface area contributed by atoms with E-state index in [0.717, 1.165) is 13.0 Å². The molecule has 2 aromatic rings. The van der Waals surface area contributed by atoms with E-state index in [0.29, 0.717) is 17.8 Å². The van der Waals surface area contributed by atoms with Gasteiger partial charge in [0.25, 0.3) is 5.91 Å². The fourth-order valence-electron chi connectivity index (χ4n) is 2.20. The van der Waals surface area contributed by atoms with Crippen LogP contribution in [0.15, 0.2) is 59.5 Å². The molecule has 0 fully saturated rings. The number of para-hydroxylation sites is 1. The predicted molar refractivity (Wildman–Crippen MR) is 99.2 cm³/mol. The highest BCUT2D eigenvalue weighted by atomic mass is 32.2. The van der Waals surface area contributed by atoms with Gasteiger partial charge in [-0.3, -0.25) is 4.79 Å². The standard InChI is InChI=1S/C18H23N3O3S/c1-21(2)14-6-13-19-25(23,24)17-11-9-15(10-12-17)18(22)20-16-7-4-3-5-8-16/h3-5,7-12,19H,6,13-14H2,1-2H3,(H,20,22). The maximum Gasteiger partial charge on any atom is 0.255 e. The summed E-state index contributed by atoms with van der Waals surface area (Å²) in [4.78, 5) is 14.3. The Morgan fingerprint density at radius 3 is 2.24 bits per heavy atom. The second-order valence-electron chi connectivity index (χ2n) is 5.90. The molecule has 7 heteroatoms. The molecule has 0 bridgehead atoms. The fourth-order valence-corrected chi connectivity index (χ4v) is 3.27. The number of hydrogen-bond donors (Lipinski definition) is 2. The summed E-state index contributed by atoms with van der Waals surface area (Å²) in [6.07, 6.45) is 0.726. The van der Waals surface area contributed by atoms with Crippen molar-refractivity contribution in [3.05, 3.63) is 60.2 Å². The lowest BCUT2D eigenvalue weighted by Crippen LogP contribution is -2.27. The molecule has 0 aliphatic rings. The van der Waals surface area contributed by atoms with Gasteiger partial charge >= 0.3 is 0 Å². The minimum Gasteiger partial charge on any atom is -0.322 e. The maximum absolute atomic E-state index is 12.2. The van der Waals surface area contributed by atoms with Crippen LogP contribution in [0.1, 0.15) is 16.8 Å². The highest BCUT2D eigenvalue weighted by molar-refractivity contribution is 7.89. The minimum atomic E-state index is -3.56. The number of carbonyl (C=O) groups is 1. The highest BCUT2D eigenvalue weighted by Crippen LogP contribution is 2.13. The summed E-state index contributed by atoms with van der Waals surface area (Å²) in [6.45, 7) is 1.18. The van der Waals surface area contributed by atoms with E-state index in [-0.39, 0.29) is 10.8 Å². The zero-order valence-electron chi connectivity index (χ0n) is 14.4. The van der Waals surface area contributed by atoms with E-state index < -0.39 is 10.0 Å². The zero-order chi connectivity index (χ0) is 18.3. The third kappa shape index (κ3) is 5.97. The summed E-state index contributed by atoms with van der Waals surface area (Å²) < 4.78 is 27.0. The lowest BCUT2D eigenvalue weighted by Gasteiger charge is -2.11. The summed E-state index contributed by atoms with van der Waals surface area (Å²) >= 11 is 0. The van der Waals surface area contributed by atoms with Gasteiger partial charge in [0.1, 0.15) is 0 Å². The third-order valence-electron chi connectivity index (χ3n) is 3.53. The Hall–Kier alpha value is -2.22. The van der Waals surface area contributed by atoms with Gasteiger partial charge in [0.15, 0.2) is 0 Å². The van der Waals surface area contributed by atoms with Crippen LogP contribution in [0.25, 0.3) is 0 Å². The van der Waals surface area contributed by atoms with Crippen LogP contribution >= 0.6 is 0 Å². The number of sulfonamides is 1. The molecule has 6 nitrogen and oxygen atoms in total. The molecule has 0 radical (unpaired) electrons. The lowest BCUT2D eigenvalue weighted by atomic mass is 10.2. The van der Waals surface area contributed by atoms with E-state index in [1.165, 1.54) is 24.3 Å². The van der Waals surface area contributed by atoms with Crippen LogP contribution in [-0.2, 0) is 10.0 Å². The van der Waals surface area contributed by atoms with Crippen molar-refractivity contribution in [2.45, 2.75) is 11.3 Å². The molecule has 1 amide bonds. The molecule has 2 rings (SSSR count). The largest absolute Gasteiger partial charge is 0.322 e. The Bertz CT molecular complexity index is 788. The predicted octanol–water partition coefficient (Wildman–Crippen LogP) is 2.17. The first-order chi connectivity index (χ1) is 11.9. The van der Waals surface area contributed by atoms with E-state index in [4.69, 9.17) is 0 Å². The second-order valence-corrected chi connectivity index (χ2v) is 7.67. The molecular weight excluding hydrogens is 338 g/mol. The van der Waals surface area contributed by atoms with Crippen LogP contribution in [0.4, 0.5) is 5.69 Å². The molecule has 134 valence electrons. The molecular formula is C18H23N3O3S.